The zero-order chi connectivity index (χ0) is 15.5. The first-order chi connectivity index (χ1) is 9.16. The largest absolute Gasteiger partial charge is 0.397 e. The molecule has 0 aromatic heterocycles. The highest BCUT2D eigenvalue weighted by Gasteiger charge is 2.20. The average Bonchev–Trinajstić information content (AvgIpc) is 2.36. The van der Waals surface area contributed by atoms with Crippen molar-refractivity contribution in [2.75, 3.05) is 31.7 Å². The summed E-state index contributed by atoms with van der Waals surface area (Å²) in [5.41, 5.74) is 6.00. The van der Waals surface area contributed by atoms with Crippen molar-refractivity contribution in [2.45, 2.75) is 17.4 Å². The minimum atomic E-state index is -3.64. The molecule has 9 heteroatoms. The average molecular weight is 309 g/mol. The van der Waals surface area contributed by atoms with Gasteiger partial charge in [0, 0.05) is 20.6 Å². The molecule has 0 aliphatic heterocycles. The van der Waals surface area contributed by atoms with Gasteiger partial charge in [-0.1, -0.05) is 0 Å². The van der Waals surface area contributed by atoms with E-state index in [4.69, 9.17) is 10.8 Å². The Morgan fingerprint density at radius 2 is 2.00 bits per heavy atom. The summed E-state index contributed by atoms with van der Waals surface area (Å²) in [5, 5.41) is 11.5. The number of sulfonamides is 1. The monoisotopic (exact) mass is 309 g/mol. The lowest BCUT2D eigenvalue weighted by atomic mass is 10.2. The van der Waals surface area contributed by atoms with Gasteiger partial charge >= 0.3 is 0 Å². The fraction of sp³-hybridized carbons (Fsp3) is 0.455. The summed E-state index contributed by atoms with van der Waals surface area (Å²) in [5.74, 6) is 0. The quantitative estimate of drug-likeness (QED) is 0.667. The second-order valence-electron chi connectivity index (χ2n) is 4.32. The third-order valence-corrected chi connectivity index (χ3v) is 4.41. The summed E-state index contributed by atoms with van der Waals surface area (Å²) in [7, 11) is -0.895. The number of nitrogens with zero attached hydrogens (tertiary/aromatic N) is 1. The van der Waals surface area contributed by atoms with Crippen molar-refractivity contribution >= 4 is 21.4 Å². The van der Waals surface area contributed by atoms with Crippen molar-refractivity contribution in [1.82, 2.24) is 4.31 Å². The second kappa shape index (κ2) is 6.33. The molecule has 0 radical (unpaired) electrons. The fourth-order valence-electron chi connectivity index (χ4n) is 1.36. The molecule has 114 valence electrons. The topological polar surface area (TPSA) is 95.7 Å². The first kappa shape index (κ1) is 16.6. The molecular weight excluding hydrogens is 292 g/mol. The number of hydrogen-bond donors (Lipinski definition) is 3. The molecule has 0 fully saturated rings. The predicted molar refractivity (Wildman–Crippen MR) is 72.2 cm³/mol. The molecule has 1 aromatic carbocycles. The minimum absolute atomic E-state index is 0.0225. The van der Waals surface area contributed by atoms with Crippen LogP contribution in [0.3, 0.4) is 0 Å². The van der Waals surface area contributed by atoms with Crippen molar-refractivity contribution in [1.29, 1.82) is 0 Å². The lowest BCUT2D eigenvalue weighted by Gasteiger charge is -2.16. The summed E-state index contributed by atoms with van der Waals surface area (Å²) in [4.78, 5) is -0.0225. The first-order valence-electron chi connectivity index (χ1n) is 5.68. The number of anilines is 2. The molecule has 1 unspecified atom stereocenters. The van der Waals surface area contributed by atoms with Crippen molar-refractivity contribution in [3.05, 3.63) is 18.2 Å². The van der Waals surface area contributed by atoms with Crippen LogP contribution in [0.1, 0.15) is 0 Å². The Morgan fingerprint density at radius 3 is 2.50 bits per heavy atom. The summed E-state index contributed by atoms with van der Waals surface area (Å²) < 4.78 is 49.2. The normalized spacial score (nSPS) is 13.8. The van der Waals surface area contributed by atoms with Gasteiger partial charge in [-0.15, -0.1) is 0 Å². The van der Waals surface area contributed by atoms with Gasteiger partial charge in [0.05, 0.1) is 16.3 Å². The Labute approximate surface area is 116 Å². The summed E-state index contributed by atoms with van der Waals surface area (Å²) in [6.45, 7) is -0.437. The van der Waals surface area contributed by atoms with Crippen molar-refractivity contribution in [3.8, 4) is 0 Å². The number of nitrogens with two attached hydrogens (primary N) is 1. The second-order valence-corrected chi connectivity index (χ2v) is 6.47. The van der Waals surface area contributed by atoms with Crippen LogP contribution in [-0.4, -0.2) is 51.0 Å². The Kier molecular flexibility index (Phi) is 5.26. The van der Waals surface area contributed by atoms with Crippen molar-refractivity contribution in [3.63, 3.8) is 0 Å². The van der Waals surface area contributed by atoms with Crippen LogP contribution in [0, 0.1) is 0 Å². The van der Waals surface area contributed by atoms with E-state index in [1.54, 1.807) is 0 Å². The highest BCUT2D eigenvalue weighted by molar-refractivity contribution is 7.89. The van der Waals surface area contributed by atoms with Crippen LogP contribution in [0.4, 0.5) is 20.2 Å². The van der Waals surface area contributed by atoms with Gasteiger partial charge in [-0.2, -0.15) is 0 Å². The third kappa shape index (κ3) is 3.78. The van der Waals surface area contributed by atoms with Crippen LogP contribution in [-0.2, 0) is 10.0 Å². The van der Waals surface area contributed by atoms with Gasteiger partial charge in [0.1, 0.15) is 6.10 Å². The number of halogens is 2. The van der Waals surface area contributed by atoms with E-state index in [2.05, 4.69) is 5.32 Å². The van der Waals surface area contributed by atoms with E-state index in [1.807, 2.05) is 0 Å². The molecule has 0 heterocycles. The maximum Gasteiger partial charge on any atom is 0.265 e. The predicted octanol–water partition coefficient (Wildman–Crippen LogP) is 0.557. The molecule has 0 aliphatic carbocycles. The van der Waals surface area contributed by atoms with E-state index in [1.165, 1.54) is 32.3 Å². The number of aliphatic hydroxyl groups is 1. The number of nitrogen functional groups attached to an aromatic ring is 1. The first-order valence-corrected chi connectivity index (χ1v) is 7.12. The maximum atomic E-state index is 12.2. The van der Waals surface area contributed by atoms with Gasteiger partial charge in [0.2, 0.25) is 10.0 Å². The van der Waals surface area contributed by atoms with E-state index >= 15 is 0 Å². The Hall–Kier alpha value is -1.45. The molecule has 1 aromatic rings. The number of rotatable bonds is 6. The molecule has 4 N–H and O–H groups in total. The molecule has 0 amide bonds. The molecule has 0 saturated carbocycles. The number of alkyl halides is 2. The van der Waals surface area contributed by atoms with Crippen LogP contribution >= 0.6 is 0 Å². The van der Waals surface area contributed by atoms with E-state index in [9.17, 15) is 17.2 Å². The Bertz CT molecular complexity index is 564. The number of aliphatic hydroxyl groups excluding tert-OH is 1. The van der Waals surface area contributed by atoms with Crippen LogP contribution in [0.5, 0.6) is 0 Å². The zero-order valence-electron chi connectivity index (χ0n) is 11.0. The number of nitrogens with one attached hydrogen (secondary N) is 1. The molecule has 6 nitrogen and oxygen atoms in total. The van der Waals surface area contributed by atoms with Gasteiger partial charge in [-0.25, -0.2) is 21.5 Å². The van der Waals surface area contributed by atoms with Gasteiger partial charge in [-0.3, -0.25) is 0 Å². The maximum absolute atomic E-state index is 12.2. The smallest absolute Gasteiger partial charge is 0.265 e. The van der Waals surface area contributed by atoms with E-state index in [-0.39, 0.29) is 16.3 Å². The minimum Gasteiger partial charge on any atom is -0.397 e. The van der Waals surface area contributed by atoms with E-state index in [0.29, 0.717) is 0 Å². The van der Waals surface area contributed by atoms with Gasteiger partial charge in [0.15, 0.2) is 0 Å². The van der Waals surface area contributed by atoms with Crippen LogP contribution in [0.15, 0.2) is 23.1 Å². The Balaban J connectivity index is 2.99. The fourth-order valence-corrected chi connectivity index (χ4v) is 2.29. The highest BCUT2D eigenvalue weighted by atomic mass is 32.2. The van der Waals surface area contributed by atoms with Gasteiger partial charge in [0.25, 0.3) is 6.43 Å². The third-order valence-electron chi connectivity index (χ3n) is 2.60. The van der Waals surface area contributed by atoms with E-state index in [0.717, 1.165) is 4.31 Å². The SMILES string of the molecule is CN(C)S(=O)(=O)c1ccc(N)c(NCC(O)C(F)F)c1. The highest BCUT2D eigenvalue weighted by Crippen LogP contribution is 2.24. The molecule has 0 saturated heterocycles. The zero-order valence-corrected chi connectivity index (χ0v) is 11.9. The van der Waals surface area contributed by atoms with Gasteiger partial charge in [-0.05, 0) is 18.2 Å². The van der Waals surface area contributed by atoms with E-state index < -0.39 is 29.1 Å². The number of hydrogen-bond acceptors (Lipinski definition) is 5. The van der Waals surface area contributed by atoms with Crippen LogP contribution < -0.4 is 11.1 Å². The lowest BCUT2D eigenvalue weighted by molar-refractivity contribution is 0.00385. The van der Waals surface area contributed by atoms with Crippen molar-refractivity contribution in [2.24, 2.45) is 0 Å². The van der Waals surface area contributed by atoms with Crippen molar-refractivity contribution < 1.29 is 22.3 Å². The summed E-state index contributed by atoms with van der Waals surface area (Å²) in [6.07, 6.45) is -4.75. The van der Waals surface area contributed by atoms with Gasteiger partial charge < -0.3 is 16.2 Å². The molecule has 1 rings (SSSR count). The summed E-state index contributed by atoms with van der Waals surface area (Å²) >= 11 is 0. The molecule has 1 atom stereocenters. The van der Waals surface area contributed by atoms with Crippen LogP contribution in [0.2, 0.25) is 0 Å². The number of benzene rings is 1. The van der Waals surface area contributed by atoms with Crippen LogP contribution in [0.25, 0.3) is 0 Å². The molecule has 20 heavy (non-hydrogen) atoms. The molecule has 0 spiro atoms. The molecule has 0 bridgehead atoms. The Morgan fingerprint density at radius 1 is 1.40 bits per heavy atom. The lowest BCUT2D eigenvalue weighted by Crippen LogP contribution is -2.27. The summed E-state index contributed by atoms with van der Waals surface area (Å²) in [6, 6.07) is 3.91. The molecule has 0 aliphatic rings. The molecular formula is C11H17F2N3O3S. The standard InChI is InChI=1S/C11H17F2N3O3S/c1-16(2)20(18,19)7-3-4-8(14)9(5-7)15-6-10(17)11(12)13/h3-5,10-11,15,17H,6,14H2,1-2H3.